The third-order valence-corrected chi connectivity index (χ3v) is 9.41. The summed E-state index contributed by atoms with van der Waals surface area (Å²) in [5.41, 5.74) is 2.24. The second-order valence-electron chi connectivity index (χ2n) is 9.89. The van der Waals surface area contributed by atoms with Crippen LogP contribution in [0.4, 0.5) is 5.69 Å². The van der Waals surface area contributed by atoms with Gasteiger partial charge < -0.3 is 19.9 Å². The molecule has 0 bridgehead atoms. The summed E-state index contributed by atoms with van der Waals surface area (Å²) >= 11 is 1.50. The summed E-state index contributed by atoms with van der Waals surface area (Å²) in [7, 11) is 1.56. The van der Waals surface area contributed by atoms with E-state index in [9.17, 15) is 14.4 Å². The van der Waals surface area contributed by atoms with E-state index in [0.29, 0.717) is 12.1 Å². The van der Waals surface area contributed by atoms with Gasteiger partial charge in [0.25, 0.3) is 0 Å². The van der Waals surface area contributed by atoms with Crippen LogP contribution < -0.4 is 10.2 Å². The topological polar surface area (TPSA) is 79.0 Å². The van der Waals surface area contributed by atoms with E-state index in [1.165, 1.54) is 24.6 Å². The van der Waals surface area contributed by atoms with Gasteiger partial charge in [-0.2, -0.15) is 0 Å². The minimum absolute atomic E-state index is 0.0553. The number of hydrogen-bond donors (Lipinski definition) is 1. The van der Waals surface area contributed by atoms with Gasteiger partial charge in [0, 0.05) is 31.5 Å². The Morgan fingerprint density at radius 2 is 1.78 bits per heavy atom. The van der Waals surface area contributed by atoms with Crippen molar-refractivity contribution in [2.45, 2.75) is 35.9 Å². The van der Waals surface area contributed by atoms with Gasteiger partial charge in [0.1, 0.15) is 5.25 Å². The summed E-state index contributed by atoms with van der Waals surface area (Å²) < 4.78 is 5.22. The molecule has 5 rings (SSSR count). The maximum absolute atomic E-state index is 14.0. The van der Waals surface area contributed by atoms with E-state index in [-0.39, 0.29) is 24.1 Å². The van der Waals surface area contributed by atoms with Gasteiger partial charge in [-0.15, -0.1) is 11.8 Å². The molecular formula is C28H33N3O4S. The highest BCUT2D eigenvalue weighted by molar-refractivity contribution is 8.02. The first-order valence-corrected chi connectivity index (χ1v) is 13.5. The van der Waals surface area contributed by atoms with E-state index < -0.39 is 22.0 Å². The molecular weight excluding hydrogens is 474 g/mol. The highest BCUT2D eigenvalue weighted by atomic mass is 32.2. The van der Waals surface area contributed by atoms with Gasteiger partial charge >= 0.3 is 0 Å². The Kier molecular flexibility index (Phi) is 7.19. The van der Waals surface area contributed by atoms with Crippen LogP contribution >= 0.6 is 11.8 Å². The van der Waals surface area contributed by atoms with Gasteiger partial charge in [-0.25, -0.2) is 0 Å². The molecule has 2 aromatic rings. The van der Waals surface area contributed by atoms with Crippen molar-refractivity contribution >= 4 is 35.0 Å². The van der Waals surface area contributed by atoms with Crippen LogP contribution in [-0.4, -0.2) is 73.7 Å². The fourth-order valence-corrected chi connectivity index (χ4v) is 7.64. The first-order valence-electron chi connectivity index (χ1n) is 12.6. The van der Waals surface area contributed by atoms with Crippen LogP contribution in [0.3, 0.4) is 0 Å². The standard InChI is InChI=1S/C28H33N3O4S/c1-28-20-12-6-7-13-21(20)31(18-22(32)19-10-4-3-5-11-19)27(34)23(28)24(35-2)25(36-28)26(33)29-14-17-30-15-8-9-16-30/h3-7,10-13,23-25H,8-9,14-18H2,1-2H3,(H,29,33). The second kappa shape index (κ2) is 10.4. The van der Waals surface area contributed by atoms with E-state index in [0.717, 1.165) is 30.9 Å². The number of fused-ring (bicyclic) bond motifs is 3. The molecule has 0 spiro atoms. The minimum Gasteiger partial charge on any atom is -0.379 e. The van der Waals surface area contributed by atoms with Gasteiger partial charge in [0.15, 0.2) is 5.78 Å². The average Bonchev–Trinajstić information content (AvgIpc) is 3.53. The molecule has 36 heavy (non-hydrogen) atoms. The summed E-state index contributed by atoms with van der Waals surface area (Å²) in [4.78, 5) is 44.4. The quantitative estimate of drug-likeness (QED) is 0.554. The monoisotopic (exact) mass is 507 g/mol. The Hall–Kier alpha value is -2.68. The van der Waals surface area contributed by atoms with Crippen molar-refractivity contribution in [3.8, 4) is 0 Å². The molecule has 0 aliphatic carbocycles. The molecule has 4 atom stereocenters. The number of nitrogens with zero attached hydrogens (tertiary/aromatic N) is 2. The van der Waals surface area contributed by atoms with Gasteiger partial charge in [0.05, 0.1) is 23.3 Å². The lowest BCUT2D eigenvalue weighted by Crippen LogP contribution is -2.53. The number of Topliss-reactive ketones (excluding diaryl/α,β-unsaturated/α-hetero) is 1. The summed E-state index contributed by atoms with van der Waals surface area (Å²) in [6.45, 7) is 5.54. The number of ether oxygens (including phenoxy) is 1. The van der Waals surface area contributed by atoms with E-state index in [2.05, 4.69) is 10.2 Å². The van der Waals surface area contributed by atoms with Crippen LogP contribution in [0.1, 0.15) is 35.7 Å². The number of rotatable bonds is 8. The zero-order chi connectivity index (χ0) is 25.3. The first kappa shape index (κ1) is 25.0. The van der Waals surface area contributed by atoms with Crippen LogP contribution in [0, 0.1) is 5.92 Å². The first-order chi connectivity index (χ1) is 17.4. The van der Waals surface area contributed by atoms with E-state index in [4.69, 9.17) is 4.74 Å². The molecule has 2 aromatic carbocycles. The van der Waals surface area contributed by atoms with E-state index >= 15 is 0 Å². The number of nitrogens with one attached hydrogen (secondary N) is 1. The lowest BCUT2D eigenvalue weighted by atomic mass is 9.77. The van der Waals surface area contributed by atoms with E-state index in [1.807, 2.05) is 49.4 Å². The van der Waals surface area contributed by atoms with Crippen LogP contribution in [0.25, 0.3) is 0 Å². The molecule has 7 nitrogen and oxygen atoms in total. The number of amides is 2. The zero-order valence-electron chi connectivity index (χ0n) is 20.8. The molecule has 2 amide bonds. The lowest BCUT2D eigenvalue weighted by Gasteiger charge is -2.42. The van der Waals surface area contributed by atoms with Gasteiger partial charge in [-0.05, 0) is 44.5 Å². The van der Waals surface area contributed by atoms with Crippen molar-refractivity contribution in [2.75, 3.05) is 44.7 Å². The number of ketones is 1. The Morgan fingerprint density at radius 1 is 1.08 bits per heavy atom. The van der Waals surface area contributed by atoms with Crippen molar-refractivity contribution in [2.24, 2.45) is 5.92 Å². The van der Waals surface area contributed by atoms with Crippen molar-refractivity contribution in [1.82, 2.24) is 10.2 Å². The molecule has 0 aromatic heterocycles. The van der Waals surface area contributed by atoms with Crippen LogP contribution in [0.2, 0.25) is 0 Å². The molecule has 0 radical (unpaired) electrons. The number of methoxy groups -OCH3 is 1. The molecule has 2 fully saturated rings. The number of para-hydroxylation sites is 1. The third-order valence-electron chi connectivity index (χ3n) is 7.71. The molecule has 0 saturated carbocycles. The summed E-state index contributed by atoms with van der Waals surface area (Å²) in [6.07, 6.45) is 1.83. The SMILES string of the molecule is COC1C(C(=O)NCCN2CCCC2)SC2(C)c3ccccc3N(CC(=O)c3ccccc3)C(=O)C12. The normalized spacial score (nSPS) is 27.6. The maximum atomic E-state index is 14.0. The summed E-state index contributed by atoms with van der Waals surface area (Å²) in [5.74, 6) is -0.982. The maximum Gasteiger partial charge on any atom is 0.235 e. The van der Waals surface area contributed by atoms with Gasteiger partial charge in [0.2, 0.25) is 11.8 Å². The molecule has 4 unspecified atom stereocenters. The highest BCUT2D eigenvalue weighted by Gasteiger charge is 2.62. The highest BCUT2D eigenvalue weighted by Crippen LogP contribution is 2.59. The average molecular weight is 508 g/mol. The predicted molar refractivity (Wildman–Crippen MR) is 141 cm³/mol. The van der Waals surface area contributed by atoms with Crippen molar-refractivity contribution < 1.29 is 19.1 Å². The number of carbonyl (C=O) groups excluding carboxylic acids is 3. The Labute approximate surface area is 216 Å². The molecule has 1 N–H and O–H groups in total. The molecule has 2 saturated heterocycles. The lowest BCUT2D eigenvalue weighted by molar-refractivity contribution is -0.130. The predicted octanol–water partition coefficient (Wildman–Crippen LogP) is 3.09. The fraction of sp³-hybridized carbons (Fsp3) is 0.464. The van der Waals surface area contributed by atoms with Gasteiger partial charge in [-0.3, -0.25) is 14.4 Å². The number of anilines is 1. The Morgan fingerprint density at radius 3 is 2.50 bits per heavy atom. The smallest absolute Gasteiger partial charge is 0.235 e. The fourth-order valence-electron chi connectivity index (χ4n) is 5.84. The third kappa shape index (κ3) is 4.46. The molecule has 3 heterocycles. The summed E-state index contributed by atoms with van der Waals surface area (Å²) in [6, 6.07) is 16.7. The summed E-state index contributed by atoms with van der Waals surface area (Å²) in [5, 5.41) is 2.56. The second-order valence-corrected chi connectivity index (χ2v) is 11.5. The number of hydrogen-bond acceptors (Lipinski definition) is 6. The number of carbonyl (C=O) groups is 3. The number of benzene rings is 2. The molecule has 8 heteroatoms. The van der Waals surface area contributed by atoms with Crippen LogP contribution in [0.5, 0.6) is 0 Å². The largest absolute Gasteiger partial charge is 0.379 e. The number of likely N-dealkylation sites (tertiary alicyclic amines) is 1. The molecule has 190 valence electrons. The minimum atomic E-state index is -0.641. The van der Waals surface area contributed by atoms with Crippen molar-refractivity contribution in [3.05, 3.63) is 65.7 Å². The van der Waals surface area contributed by atoms with Gasteiger partial charge in [-0.1, -0.05) is 48.5 Å². The van der Waals surface area contributed by atoms with Crippen molar-refractivity contribution in [3.63, 3.8) is 0 Å². The molecule has 3 aliphatic heterocycles. The van der Waals surface area contributed by atoms with Crippen molar-refractivity contribution in [1.29, 1.82) is 0 Å². The van der Waals surface area contributed by atoms with Crippen LogP contribution in [-0.2, 0) is 19.1 Å². The zero-order valence-corrected chi connectivity index (χ0v) is 21.6. The molecule has 3 aliphatic rings. The number of thioether (sulfide) groups is 1. The van der Waals surface area contributed by atoms with E-state index in [1.54, 1.807) is 24.1 Å². The Balaban J connectivity index is 1.40. The Bertz CT molecular complexity index is 1140. The van der Waals surface area contributed by atoms with Crippen LogP contribution in [0.15, 0.2) is 54.6 Å².